The van der Waals surface area contributed by atoms with Gasteiger partial charge in [-0.1, -0.05) is 54.1 Å². The fourth-order valence-corrected chi connectivity index (χ4v) is 3.71. The lowest BCUT2D eigenvalue weighted by molar-refractivity contribution is 0.888. The first-order valence-corrected chi connectivity index (χ1v) is 9.82. The zero-order chi connectivity index (χ0) is 20.7. The van der Waals surface area contributed by atoms with E-state index in [1.165, 1.54) is 0 Å². The number of rotatable bonds is 3. The van der Waals surface area contributed by atoms with Crippen LogP contribution in [0.4, 0.5) is 0 Å². The maximum atomic E-state index is 13.6. The molecule has 2 heterocycles. The van der Waals surface area contributed by atoms with Gasteiger partial charge in [0.05, 0.1) is 17.6 Å². The molecule has 0 aliphatic carbocycles. The minimum atomic E-state index is -0.135. The van der Waals surface area contributed by atoms with Crippen LogP contribution < -0.4 is 5.56 Å². The van der Waals surface area contributed by atoms with Crippen molar-refractivity contribution in [2.75, 3.05) is 0 Å². The van der Waals surface area contributed by atoms with Crippen molar-refractivity contribution in [1.82, 2.24) is 19.3 Å². The average molecular weight is 392 g/mol. The van der Waals surface area contributed by atoms with Crippen LogP contribution in [0.3, 0.4) is 0 Å². The molecule has 0 N–H and O–H groups in total. The normalized spacial score (nSPS) is 11.1. The van der Waals surface area contributed by atoms with Crippen molar-refractivity contribution in [2.45, 2.75) is 13.8 Å². The van der Waals surface area contributed by atoms with Gasteiger partial charge in [0.2, 0.25) is 0 Å². The minimum Gasteiger partial charge on any atom is -0.268 e. The molecule has 0 atom stereocenters. The molecule has 0 unspecified atom stereocenters. The van der Waals surface area contributed by atoms with Gasteiger partial charge in [0.15, 0.2) is 5.65 Å². The highest BCUT2D eigenvalue weighted by molar-refractivity contribution is 5.79. The fraction of sp³-hybridized carbons (Fsp3) is 0.0800. The summed E-state index contributed by atoms with van der Waals surface area (Å²) < 4.78 is 3.40. The lowest BCUT2D eigenvalue weighted by atomic mass is 10.1. The van der Waals surface area contributed by atoms with Crippen molar-refractivity contribution in [2.24, 2.45) is 0 Å². The van der Waals surface area contributed by atoms with E-state index in [1.807, 2.05) is 92.7 Å². The van der Waals surface area contributed by atoms with E-state index in [4.69, 9.17) is 4.98 Å². The second-order valence-electron chi connectivity index (χ2n) is 7.41. The lowest BCUT2D eigenvalue weighted by Gasteiger charge is -2.14. The molecule has 5 aromatic rings. The Morgan fingerprint density at radius 3 is 2.20 bits per heavy atom. The molecule has 0 spiro atoms. The molecule has 0 amide bonds. The highest BCUT2D eigenvalue weighted by Gasteiger charge is 2.18. The van der Waals surface area contributed by atoms with Crippen molar-refractivity contribution in [1.29, 1.82) is 0 Å². The van der Waals surface area contributed by atoms with Crippen LogP contribution >= 0.6 is 0 Å². The van der Waals surface area contributed by atoms with Crippen molar-refractivity contribution < 1.29 is 0 Å². The van der Waals surface area contributed by atoms with E-state index in [9.17, 15) is 4.79 Å². The van der Waals surface area contributed by atoms with Crippen molar-refractivity contribution in [3.8, 4) is 22.8 Å². The zero-order valence-electron chi connectivity index (χ0n) is 16.8. The van der Waals surface area contributed by atoms with Crippen molar-refractivity contribution in [3.63, 3.8) is 0 Å². The zero-order valence-corrected chi connectivity index (χ0v) is 16.8. The standard InChI is InChI=1S/C25H20N4O/c1-17-8-6-10-19(14-17)23-27-24-22(16-26-29(24)20-11-4-3-5-12-20)25(30)28(23)21-13-7-9-18(2)15-21/h3-16H,1-2H3. The number of aromatic nitrogens is 4. The van der Waals surface area contributed by atoms with Gasteiger partial charge in [-0.3, -0.25) is 9.36 Å². The molecule has 5 heteroatoms. The van der Waals surface area contributed by atoms with Gasteiger partial charge in [0, 0.05) is 5.56 Å². The maximum Gasteiger partial charge on any atom is 0.269 e. The van der Waals surface area contributed by atoms with E-state index < -0.39 is 0 Å². The summed E-state index contributed by atoms with van der Waals surface area (Å²) in [6.07, 6.45) is 1.60. The summed E-state index contributed by atoms with van der Waals surface area (Å²) in [5, 5.41) is 4.96. The molecule has 5 nitrogen and oxygen atoms in total. The van der Waals surface area contributed by atoms with Gasteiger partial charge in [-0.15, -0.1) is 0 Å². The van der Waals surface area contributed by atoms with Crippen molar-refractivity contribution >= 4 is 11.0 Å². The third-order valence-electron chi connectivity index (χ3n) is 5.14. The minimum absolute atomic E-state index is 0.135. The molecule has 0 saturated carbocycles. The fourth-order valence-electron chi connectivity index (χ4n) is 3.71. The second kappa shape index (κ2) is 7.12. The number of nitrogens with zero attached hydrogens (tertiary/aromatic N) is 4. The van der Waals surface area contributed by atoms with Crippen molar-refractivity contribution in [3.05, 3.63) is 107 Å². The highest BCUT2D eigenvalue weighted by Crippen LogP contribution is 2.24. The molecular weight excluding hydrogens is 372 g/mol. The summed E-state index contributed by atoms with van der Waals surface area (Å²) in [5.74, 6) is 0.597. The summed E-state index contributed by atoms with van der Waals surface area (Å²) in [6, 6.07) is 25.7. The molecular formula is C25H20N4O. The molecule has 0 saturated heterocycles. The third kappa shape index (κ3) is 3.01. The average Bonchev–Trinajstić information content (AvgIpc) is 3.19. The molecule has 2 aromatic heterocycles. The quantitative estimate of drug-likeness (QED) is 0.441. The largest absolute Gasteiger partial charge is 0.269 e. The maximum absolute atomic E-state index is 13.6. The Morgan fingerprint density at radius 1 is 0.767 bits per heavy atom. The van der Waals surface area contributed by atoms with E-state index in [0.717, 1.165) is 28.1 Å². The topological polar surface area (TPSA) is 52.7 Å². The number of aryl methyl sites for hydroxylation is 2. The monoisotopic (exact) mass is 392 g/mol. The van der Waals surface area contributed by atoms with Crippen LogP contribution in [-0.2, 0) is 0 Å². The Balaban J connectivity index is 1.88. The van der Waals surface area contributed by atoms with Gasteiger partial charge in [-0.05, 0) is 49.7 Å². The van der Waals surface area contributed by atoms with E-state index in [0.29, 0.717) is 16.9 Å². The van der Waals surface area contributed by atoms with Gasteiger partial charge in [-0.2, -0.15) is 5.10 Å². The number of hydrogen-bond donors (Lipinski definition) is 0. The lowest BCUT2D eigenvalue weighted by Crippen LogP contribution is -2.22. The summed E-state index contributed by atoms with van der Waals surface area (Å²) >= 11 is 0. The predicted octanol–water partition coefficient (Wildman–Crippen LogP) is 4.86. The number of para-hydroxylation sites is 1. The third-order valence-corrected chi connectivity index (χ3v) is 5.14. The van der Waals surface area contributed by atoms with Gasteiger partial charge in [0.25, 0.3) is 5.56 Å². The SMILES string of the molecule is Cc1cccc(-c2nc3c(cnn3-c3ccccc3)c(=O)n2-c2cccc(C)c2)c1. The first-order chi connectivity index (χ1) is 14.6. The summed E-state index contributed by atoms with van der Waals surface area (Å²) in [6.45, 7) is 4.05. The Labute approximate surface area is 173 Å². The number of fused-ring (bicyclic) bond motifs is 1. The Kier molecular flexibility index (Phi) is 4.29. The molecule has 146 valence electrons. The Morgan fingerprint density at radius 2 is 1.47 bits per heavy atom. The first-order valence-electron chi connectivity index (χ1n) is 9.82. The Hall–Kier alpha value is -3.99. The molecule has 0 fully saturated rings. The van der Waals surface area contributed by atoms with Crippen LogP contribution in [0.2, 0.25) is 0 Å². The van der Waals surface area contributed by atoms with Gasteiger partial charge < -0.3 is 0 Å². The van der Waals surface area contributed by atoms with Gasteiger partial charge in [-0.25, -0.2) is 9.67 Å². The molecule has 3 aromatic carbocycles. The molecule has 5 rings (SSSR count). The second-order valence-corrected chi connectivity index (χ2v) is 7.41. The van der Waals surface area contributed by atoms with Crippen LogP contribution in [0.1, 0.15) is 11.1 Å². The molecule has 0 aliphatic rings. The molecule has 0 aliphatic heterocycles. The van der Waals surface area contributed by atoms with E-state index in [-0.39, 0.29) is 5.56 Å². The van der Waals surface area contributed by atoms with E-state index in [2.05, 4.69) is 5.10 Å². The smallest absolute Gasteiger partial charge is 0.268 e. The summed E-state index contributed by atoms with van der Waals surface area (Å²) in [4.78, 5) is 18.6. The first kappa shape index (κ1) is 18.1. The van der Waals surface area contributed by atoms with Crippen LogP contribution in [0.5, 0.6) is 0 Å². The molecule has 0 radical (unpaired) electrons. The molecule has 0 bridgehead atoms. The summed E-state index contributed by atoms with van der Waals surface area (Å²) in [5.41, 5.74) is 5.14. The van der Waals surface area contributed by atoms with Crippen LogP contribution in [0, 0.1) is 13.8 Å². The predicted molar refractivity (Wildman–Crippen MR) is 119 cm³/mol. The van der Waals surface area contributed by atoms with E-state index in [1.54, 1.807) is 15.4 Å². The van der Waals surface area contributed by atoms with Gasteiger partial charge in [0.1, 0.15) is 11.2 Å². The van der Waals surface area contributed by atoms with Crippen LogP contribution in [0.25, 0.3) is 33.8 Å². The highest BCUT2D eigenvalue weighted by atomic mass is 16.1. The Bertz CT molecular complexity index is 1430. The number of benzene rings is 3. The molecule has 30 heavy (non-hydrogen) atoms. The van der Waals surface area contributed by atoms with Gasteiger partial charge >= 0.3 is 0 Å². The van der Waals surface area contributed by atoms with Crippen LogP contribution in [0.15, 0.2) is 89.9 Å². The van der Waals surface area contributed by atoms with Crippen LogP contribution in [-0.4, -0.2) is 19.3 Å². The number of hydrogen-bond acceptors (Lipinski definition) is 3. The van der Waals surface area contributed by atoms with E-state index >= 15 is 0 Å². The summed E-state index contributed by atoms with van der Waals surface area (Å²) in [7, 11) is 0.